The molecule has 70 valence electrons. The second kappa shape index (κ2) is 4.07. The van der Waals surface area contributed by atoms with Crippen LogP contribution in [0.1, 0.15) is 16.7 Å². The van der Waals surface area contributed by atoms with Gasteiger partial charge in [0.2, 0.25) is 0 Å². The van der Waals surface area contributed by atoms with Crippen LogP contribution in [-0.4, -0.2) is 4.99 Å². The molecule has 2 N–H and O–H groups in total. The molecule has 13 heavy (non-hydrogen) atoms. The van der Waals surface area contributed by atoms with Crippen LogP contribution in [0, 0.1) is 13.8 Å². The Hall–Kier alpha value is -0.600. The number of halogens is 1. The largest absolute Gasteiger partial charge is 0.393 e. The van der Waals surface area contributed by atoms with Crippen LogP contribution in [0.25, 0.3) is 0 Å². The fraction of sp³-hybridized carbons (Fsp3) is 0.300. The minimum atomic E-state index is 0.522. The molecule has 0 heterocycles. The van der Waals surface area contributed by atoms with E-state index in [2.05, 4.69) is 0 Å². The van der Waals surface area contributed by atoms with Crippen molar-refractivity contribution in [3.05, 3.63) is 33.8 Å². The average molecular weight is 214 g/mol. The zero-order valence-corrected chi connectivity index (χ0v) is 9.30. The van der Waals surface area contributed by atoms with E-state index < -0.39 is 0 Å². The van der Waals surface area contributed by atoms with Crippen molar-refractivity contribution < 1.29 is 0 Å². The quantitative estimate of drug-likeness (QED) is 0.765. The van der Waals surface area contributed by atoms with Crippen molar-refractivity contribution in [2.75, 3.05) is 0 Å². The van der Waals surface area contributed by atoms with Crippen LogP contribution >= 0.6 is 23.8 Å². The molecule has 0 spiro atoms. The van der Waals surface area contributed by atoms with Gasteiger partial charge in [0, 0.05) is 11.4 Å². The first kappa shape index (κ1) is 10.5. The fourth-order valence-corrected chi connectivity index (χ4v) is 1.87. The summed E-state index contributed by atoms with van der Waals surface area (Å²) < 4.78 is 0. The maximum Gasteiger partial charge on any atom is 0.0771 e. The Morgan fingerprint density at radius 1 is 1.38 bits per heavy atom. The van der Waals surface area contributed by atoms with E-state index in [1.807, 2.05) is 26.0 Å². The highest BCUT2D eigenvalue weighted by Crippen LogP contribution is 2.20. The van der Waals surface area contributed by atoms with Gasteiger partial charge in [0.25, 0.3) is 0 Å². The number of rotatable bonds is 2. The van der Waals surface area contributed by atoms with Crippen molar-refractivity contribution in [1.82, 2.24) is 0 Å². The smallest absolute Gasteiger partial charge is 0.0771 e. The highest BCUT2D eigenvalue weighted by Gasteiger charge is 2.04. The van der Waals surface area contributed by atoms with Crippen LogP contribution in [0.3, 0.4) is 0 Å². The molecule has 0 saturated carbocycles. The summed E-state index contributed by atoms with van der Waals surface area (Å²) in [6.07, 6.45) is 0.657. The molecule has 0 radical (unpaired) electrons. The summed E-state index contributed by atoms with van der Waals surface area (Å²) in [6, 6.07) is 3.87. The van der Waals surface area contributed by atoms with Gasteiger partial charge in [-0.3, -0.25) is 0 Å². The lowest BCUT2D eigenvalue weighted by Crippen LogP contribution is -2.12. The van der Waals surface area contributed by atoms with Gasteiger partial charge in [-0.1, -0.05) is 23.8 Å². The molecule has 0 bridgehead atoms. The Labute approximate surface area is 88.9 Å². The Balaban J connectivity index is 3.13. The van der Waals surface area contributed by atoms with E-state index in [-0.39, 0.29) is 0 Å². The maximum absolute atomic E-state index is 5.89. The third kappa shape index (κ3) is 2.68. The van der Waals surface area contributed by atoms with Gasteiger partial charge in [-0.05, 0) is 42.7 Å². The third-order valence-corrected chi connectivity index (χ3v) is 2.37. The van der Waals surface area contributed by atoms with E-state index in [4.69, 9.17) is 29.6 Å². The van der Waals surface area contributed by atoms with Gasteiger partial charge < -0.3 is 5.73 Å². The van der Waals surface area contributed by atoms with E-state index in [1.165, 1.54) is 5.56 Å². The van der Waals surface area contributed by atoms with Gasteiger partial charge >= 0.3 is 0 Å². The molecule has 0 aliphatic rings. The lowest BCUT2D eigenvalue weighted by molar-refractivity contribution is 1.20. The third-order valence-electron chi connectivity index (χ3n) is 2.01. The van der Waals surface area contributed by atoms with Crippen LogP contribution in [0.5, 0.6) is 0 Å². The monoisotopic (exact) mass is 213 g/mol. The minimum Gasteiger partial charge on any atom is -0.393 e. The lowest BCUT2D eigenvalue weighted by Gasteiger charge is -2.09. The van der Waals surface area contributed by atoms with Crippen LogP contribution < -0.4 is 5.73 Å². The number of aryl methyl sites for hydroxylation is 2. The molecule has 1 nitrogen and oxygen atoms in total. The molecule has 1 aromatic carbocycles. The second-order valence-electron chi connectivity index (χ2n) is 3.16. The van der Waals surface area contributed by atoms with Gasteiger partial charge in [-0.2, -0.15) is 0 Å². The lowest BCUT2D eigenvalue weighted by atomic mass is 10.0. The Kier molecular flexibility index (Phi) is 3.28. The average Bonchev–Trinajstić information content (AvgIpc) is 1.96. The van der Waals surface area contributed by atoms with Crippen LogP contribution in [0.4, 0.5) is 0 Å². The molecule has 0 aliphatic carbocycles. The van der Waals surface area contributed by atoms with Crippen molar-refractivity contribution in [1.29, 1.82) is 0 Å². The van der Waals surface area contributed by atoms with Gasteiger partial charge in [-0.15, -0.1) is 0 Å². The Morgan fingerprint density at radius 2 is 1.85 bits per heavy atom. The van der Waals surface area contributed by atoms with Gasteiger partial charge in [0.1, 0.15) is 0 Å². The summed E-state index contributed by atoms with van der Waals surface area (Å²) in [4.78, 5) is 0.522. The molecule has 3 heteroatoms. The number of benzene rings is 1. The molecular weight excluding hydrogens is 202 g/mol. The van der Waals surface area contributed by atoms with Crippen molar-refractivity contribution in [2.45, 2.75) is 20.3 Å². The van der Waals surface area contributed by atoms with Gasteiger partial charge in [0.15, 0.2) is 0 Å². The first-order valence-electron chi connectivity index (χ1n) is 4.04. The summed E-state index contributed by atoms with van der Waals surface area (Å²) >= 11 is 10.8. The minimum absolute atomic E-state index is 0.522. The van der Waals surface area contributed by atoms with E-state index in [9.17, 15) is 0 Å². The molecule has 0 fully saturated rings. The predicted molar refractivity (Wildman–Crippen MR) is 61.4 cm³/mol. The zero-order valence-electron chi connectivity index (χ0n) is 7.73. The van der Waals surface area contributed by atoms with Crippen molar-refractivity contribution >= 4 is 28.8 Å². The van der Waals surface area contributed by atoms with Crippen LogP contribution in [0.15, 0.2) is 12.1 Å². The van der Waals surface area contributed by atoms with Gasteiger partial charge in [-0.25, -0.2) is 0 Å². The molecule has 0 aliphatic heterocycles. The van der Waals surface area contributed by atoms with E-state index in [0.29, 0.717) is 11.4 Å². The van der Waals surface area contributed by atoms with Crippen molar-refractivity contribution in [2.24, 2.45) is 5.73 Å². The fourth-order valence-electron chi connectivity index (χ4n) is 1.39. The SMILES string of the molecule is Cc1cc(Cl)cc(C)c1CC(N)=S. The predicted octanol–water partition coefficient (Wildman–Crippen LogP) is 2.79. The van der Waals surface area contributed by atoms with Crippen LogP contribution in [-0.2, 0) is 6.42 Å². The topological polar surface area (TPSA) is 26.0 Å². The van der Waals surface area contributed by atoms with E-state index >= 15 is 0 Å². The highest BCUT2D eigenvalue weighted by atomic mass is 35.5. The summed E-state index contributed by atoms with van der Waals surface area (Å²) in [5.74, 6) is 0. The number of nitrogens with two attached hydrogens (primary N) is 1. The molecule has 0 amide bonds. The summed E-state index contributed by atoms with van der Waals surface area (Å²) in [6.45, 7) is 4.04. The normalized spacial score (nSPS) is 10.1. The number of hydrogen-bond acceptors (Lipinski definition) is 1. The van der Waals surface area contributed by atoms with Crippen LogP contribution in [0.2, 0.25) is 5.02 Å². The standard InChI is InChI=1S/C10H12ClNS/c1-6-3-8(11)4-7(2)9(6)5-10(12)13/h3-4H,5H2,1-2H3,(H2,12,13). The summed E-state index contributed by atoms with van der Waals surface area (Å²) in [7, 11) is 0. The number of thiocarbonyl (C=S) groups is 1. The molecular formula is C10H12ClNS. The zero-order chi connectivity index (χ0) is 10.0. The Bertz CT molecular complexity index is 324. The van der Waals surface area contributed by atoms with E-state index in [0.717, 1.165) is 16.1 Å². The molecule has 0 saturated heterocycles. The first-order valence-corrected chi connectivity index (χ1v) is 4.83. The molecule has 1 rings (SSSR count). The van der Waals surface area contributed by atoms with Gasteiger partial charge in [0.05, 0.1) is 4.99 Å². The van der Waals surface area contributed by atoms with Crippen molar-refractivity contribution in [3.8, 4) is 0 Å². The highest BCUT2D eigenvalue weighted by molar-refractivity contribution is 7.80. The Morgan fingerprint density at radius 3 is 2.23 bits per heavy atom. The molecule has 0 atom stereocenters. The number of hydrogen-bond donors (Lipinski definition) is 1. The van der Waals surface area contributed by atoms with Crippen molar-refractivity contribution in [3.63, 3.8) is 0 Å². The molecule has 0 unspecified atom stereocenters. The molecule has 0 aromatic heterocycles. The first-order chi connectivity index (χ1) is 6.00. The summed E-state index contributed by atoms with van der Waals surface area (Å²) in [5.41, 5.74) is 8.99. The summed E-state index contributed by atoms with van der Waals surface area (Å²) in [5, 5.41) is 0.765. The molecule has 1 aromatic rings. The maximum atomic E-state index is 5.89. The second-order valence-corrected chi connectivity index (χ2v) is 4.12. The van der Waals surface area contributed by atoms with E-state index in [1.54, 1.807) is 0 Å².